The normalized spacial score (nSPS) is 18.6. The quantitative estimate of drug-likeness (QED) is 0.861. The van der Waals surface area contributed by atoms with Crippen molar-refractivity contribution in [1.29, 1.82) is 0 Å². The average molecular weight is 346 g/mol. The van der Waals surface area contributed by atoms with Crippen LogP contribution in [0.25, 0.3) is 0 Å². The van der Waals surface area contributed by atoms with E-state index in [9.17, 15) is 4.79 Å². The molecule has 0 saturated carbocycles. The molecule has 22 heavy (non-hydrogen) atoms. The molecule has 1 atom stereocenters. The van der Waals surface area contributed by atoms with Crippen molar-refractivity contribution in [3.8, 4) is 0 Å². The first-order valence-electron chi connectivity index (χ1n) is 7.55. The SMILES string of the molecule is Cc1ccc(CN2CCCC(C(=O)NCCN)C2)cc1Cl.Cl. The molecule has 0 spiro atoms. The van der Waals surface area contributed by atoms with Crippen molar-refractivity contribution in [2.75, 3.05) is 26.2 Å². The van der Waals surface area contributed by atoms with Crippen molar-refractivity contribution < 1.29 is 4.79 Å². The highest BCUT2D eigenvalue weighted by molar-refractivity contribution is 6.31. The van der Waals surface area contributed by atoms with E-state index in [1.165, 1.54) is 5.56 Å². The maximum absolute atomic E-state index is 12.0. The minimum atomic E-state index is 0. The van der Waals surface area contributed by atoms with Gasteiger partial charge >= 0.3 is 0 Å². The highest BCUT2D eigenvalue weighted by Crippen LogP contribution is 2.21. The highest BCUT2D eigenvalue weighted by atomic mass is 35.5. The Hall–Kier alpha value is -0.810. The number of aryl methyl sites for hydroxylation is 1. The number of hydrogen-bond donors (Lipinski definition) is 2. The van der Waals surface area contributed by atoms with Crippen molar-refractivity contribution in [3.63, 3.8) is 0 Å². The average Bonchev–Trinajstić information content (AvgIpc) is 2.49. The Kier molecular flexibility index (Phi) is 8.18. The van der Waals surface area contributed by atoms with E-state index in [2.05, 4.69) is 16.3 Å². The van der Waals surface area contributed by atoms with Gasteiger partial charge in [0.1, 0.15) is 0 Å². The van der Waals surface area contributed by atoms with Gasteiger partial charge in [0.2, 0.25) is 5.91 Å². The summed E-state index contributed by atoms with van der Waals surface area (Å²) in [6, 6.07) is 6.18. The molecule has 0 bridgehead atoms. The molecule has 1 unspecified atom stereocenters. The van der Waals surface area contributed by atoms with E-state index in [-0.39, 0.29) is 24.2 Å². The zero-order valence-corrected chi connectivity index (χ0v) is 14.6. The van der Waals surface area contributed by atoms with Crippen LogP contribution in [0, 0.1) is 12.8 Å². The van der Waals surface area contributed by atoms with Crippen LogP contribution in [0.4, 0.5) is 0 Å². The molecule has 124 valence electrons. The number of likely N-dealkylation sites (tertiary alicyclic amines) is 1. The second-order valence-corrected chi connectivity index (χ2v) is 6.14. The molecular weight excluding hydrogens is 321 g/mol. The van der Waals surface area contributed by atoms with E-state index >= 15 is 0 Å². The van der Waals surface area contributed by atoms with Crippen LogP contribution >= 0.6 is 24.0 Å². The number of rotatable bonds is 5. The lowest BCUT2D eigenvalue weighted by atomic mass is 9.96. The summed E-state index contributed by atoms with van der Waals surface area (Å²) in [6.07, 6.45) is 2.02. The number of amides is 1. The maximum atomic E-state index is 12.0. The van der Waals surface area contributed by atoms with Crippen LogP contribution in [0.3, 0.4) is 0 Å². The first-order valence-corrected chi connectivity index (χ1v) is 7.93. The number of nitrogens with two attached hydrogens (primary N) is 1. The number of nitrogens with one attached hydrogen (secondary N) is 1. The predicted molar refractivity (Wildman–Crippen MR) is 93.5 cm³/mol. The molecule has 6 heteroatoms. The van der Waals surface area contributed by atoms with Gasteiger partial charge in [0, 0.05) is 31.2 Å². The Morgan fingerprint density at radius 2 is 2.27 bits per heavy atom. The number of benzene rings is 1. The van der Waals surface area contributed by atoms with Crippen LogP contribution in [-0.4, -0.2) is 37.0 Å². The maximum Gasteiger partial charge on any atom is 0.224 e. The lowest BCUT2D eigenvalue weighted by Gasteiger charge is -2.32. The standard InChI is InChI=1S/C16H24ClN3O.ClH/c1-12-4-5-13(9-15(12)17)10-20-8-2-3-14(11-20)16(21)19-7-6-18;/h4-5,9,14H,2-3,6-8,10-11,18H2,1H3,(H,19,21);1H. The minimum Gasteiger partial charge on any atom is -0.355 e. The fourth-order valence-electron chi connectivity index (χ4n) is 2.75. The fraction of sp³-hybridized carbons (Fsp3) is 0.562. The number of hydrogen-bond acceptors (Lipinski definition) is 3. The molecule has 0 aromatic heterocycles. The van der Waals surface area contributed by atoms with Gasteiger partial charge in [-0.3, -0.25) is 9.69 Å². The number of carbonyl (C=O) groups excluding carboxylic acids is 1. The van der Waals surface area contributed by atoms with Gasteiger partial charge in [-0.25, -0.2) is 0 Å². The van der Waals surface area contributed by atoms with Crippen molar-refractivity contribution in [1.82, 2.24) is 10.2 Å². The predicted octanol–water partition coefficient (Wildman–Crippen LogP) is 2.36. The summed E-state index contributed by atoms with van der Waals surface area (Å²) in [5.41, 5.74) is 7.72. The third-order valence-corrected chi connectivity index (χ3v) is 4.37. The Morgan fingerprint density at radius 3 is 2.95 bits per heavy atom. The zero-order valence-electron chi connectivity index (χ0n) is 13.0. The van der Waals surface area contributed by atoms with E-state index in [0.29, 0.717) is 13.1 Å². The van der Waals surface area contributed by atoms with Crippen LogP contribution < -0.4 is 11.1 Å². The minimum absolute atomic E-state index is 0. The summed E-state index contributed by atoms with van der Waals surface area (Å²) < 4.78 is 0. The van der Waals surface area contributed by atoms with E-state index in [4.69, 9.17) is 17.3 Å². The van der Waals surface area contributed by atoms with E-state index in [1.807, 2.05) is 19.1 Å². The number of carbonyl (C=O) groups is 1. The molecule has 1 aromatic carbocycles. The molecule has 1 heterocycles. The Labute approximate surface area is 143 Å². The lowest BCUT2D eigenvalue weighted by Crippen LogP contribution is -2.43. The van der Waals surface area contributed by atoms with E-state index in [1.54, 1.807) is 0 Å². The molecular formula is C16H25Cl2N3O. The summed E-state index contributed by atoms with van der Waals surface area (Å²) in [5.74, 6) is 0.207. The lowest BCUT2D eigenvalue weighted by molar-refractivity contribution is -0.126. The van der Waals surface area contributed by atoms with Gasteiger partial charge in [-0.05, 0) is 43.5 Å². The fourth-order valence-corrected chi connectivity index (χ4v) is 2.95. The molecule has 1 aromatic rings. The molecule has 0 radical (unpaired) electrons. The van der Waals surface area contributed by atoms with Crippen molar-refractivity contribution in [2.45, 2.75) is 26.3 Å². The summed E-state index contributed by atoms with van der Waals surface area (Å²) >= 11 is 6.17. The smallest absolute Gasteiger partial charge is 0.224 e. The first-order chi connectivity index (χ1) is 10.1. The number of nitrogens with zero attached hydrogens (tertiary/aromatic N) is 1. The van der Waals surface area contributed by atoms with Crippen LogP contribution in [0.15, 0.2) is 18.2 Å². The molecule has 2 rings (SSSR count). The summed E-state index contributed by atoms with van der Waals surface area (Å²) in [7, 11) is 0. The van der Waals surface area contributed by atoms with Gasteiger partial charge in [-0.15, -0.1) is 12.4 Å². The van der Waals surface area contributed by atoms with Crippen molar-refractivity contribution in [3.05, 3.63) is 34.3 Å². The van der Waals surface area contributed by atoms with Gasteiger partial charge < -0.3 is 11.1 Å². The molecule has 1 saturated heterocycles. The van der Waals surface area contributed by atoms with Gasteiger partial charge in [-0.1, -0.05) is 23.7 Å². The largest absolute Gasteiger partial charge is 0.355 e. The second kappa shape index (κ2) is 9.36. The molecule has 4 nitrogen and oxygen atoms in total. The Balaban J connectivity index is 0.00000242. The molecule has 0 aliphatic carbocycles. The third-order valence-electron chi connectivity index (χ3n) is 3.96. The van der Waals surface area contributed by atoms with Crippen molar-refractivity contribution >= 4 is 29.9 Å². The third kappa shape index (κ3) is 5.43. The highest BCUT2D eigenvalue weighted by Gasteiger charge is 2.25. The molecule has 1 amide bonds. The van der Waals surface area contributed by atoms with E-state index in [0.717, 1.165) is 43.1 Å². The van der Waals surface area contributed by atoms with Crippen LogP contribution in [0.2, 0.25) is 5.02 Å². The van der Waals surface area contributed by atoms with Crippen molar-refractivity contribution in [2.24, 2.45) is 11.7 Å². The van der Waals surface area contributed by atoms with Gasteiger partial charge in [0.05, 0.1) is 5.92 Å². The molecule has 1 fully saturated rings. The van der Waals surface area contributed by atoms with E-state index < -0.39 is 0 Å². The Bertz CT molecular complexity index is 496. The summed E-state index contributed by atoms with van der Waals surface area (Å²) in [6.45, 7) is 5.74. The molecule has 1 aliphatic heterocycles. The van der Waals surface area contributed by atoms with Gasteiger partial charge in [0.25, 0.3) is 0 Å². The van der Waals surface area contributed by atoms with Crippen LogP contribution in [0.1, 0.15) is 24.0 Å². The number of halogens is 2. The molecule has 3 N–H and O–H groups in total. The monoisotopic (exact) mass is 345 g/mol. The number of piperidine rings is 1. The second-order valence-electron chi connectivity index (χ2n) is 5.74. The zero-order chi connectivity index (χ0) is 15.2. The Morgan fingerprint density at radius 1 is 1.50 bits per heavy atom. The molecule has 1 aliphatic rings. The first kappa shape index (κ1) is 19.2. The van der Waals surface area contributed by atoms with Gasteiger partial charge in [-0.2, -0.15) is 0 Å². The topological polar surface area (TPSA) is 58.4 Å². The van der Waals surface area contributed by atoms with Crippen LogP contribution in [-0.2, 0) is 11.3 Å². The van der Waals surface area contributed by atoms with Gasteiger partial charge in [0.15, 0.2) is 0 Å². The summed E-state index contributed by atoms with van der Waals surface area (Å²) in [5, 5.41) is 3.70. The van der Waals surface area contributed by atoms with Crippen LogP contribution in [0.5, 0.6) is 0 Å². The summed E-state index contributed by atoms with van der Waals surface area (Å²) in [4.78, 5) is 14.4.